The van der Waals surface area contributed by atoms with Gasteiger partial charge in [-0.05, 0) is 19.8 Å². The van der Waals surface area contributed by atoms with Crippen LogP contribution in [0, 0.1) is 5.92 Å². The molecule has 1 amide bonds. The zero-order valence-electron chi connectivity index (χ0n) is 9.66. The summed E-state index contributed by atoms with van der Waals surface area (Å²) < 4.78 is 0. The minimum Gasteiger partial charge on any atom is -0.409 e. The Morgan fingerprint density at radius 1 is 1.47 bits per heavy atom. The van der Waals surface area contributed by atoms with E-state index in [-0.39, 0.29) is 23.7 Å². The zero-order valence-corrected chi connectivity index (χ0v) is 9.66. The first-order valence-electron chi connectivity index (χ1n) is 5.31. The van der Waals surface area contributed by atoms with Crippen molar-refractivity contribution in [2.75, 3.05) is 0 Å². The van der Waals surface area contributed by atoms with E-state index in [9.17, 15) is 4.79 Å². The monoisotopic (exact) mass is 215 g/mol. The number of nitrogens with two attached hydrogens (primary N) is 1. The van der Waals surface area contributed by atoms with E-state index in [1.54, 1.807) is 0 Å². The minimum absolute atomic E-state index is 0.0400. The number of amides is 1. The van der Waals surface area contributed by atoms with Gasteiger partial charge >= 0.3 is 0 Å². The summed E-state index contributed by atoms with van der Waals surface area (Å²) >= 11 is 0. The Bertz CT molecular complexity index is 225. The van der Waals surface area contributed by atoms with E-state index in [4.69, 9.17) is 10.9 Å². The van der Waals surface area contributed by atoms with Crippen LogP contribution in [0.2, 0.25) is 0 Å². The summed E-state index contributed by atoms with van der Waals surface area (Å²) in [5, 5.41) is 14.1. The second kappa shape index (κ2) is 7.09. The summed E-state index contributed by atoms with van der Waals surface area (Å²) in [6, 6.07) is -0.103. The van der Waals surface area contributed by atoms with Crippen LogP contribution in [0.25, 0.3) is 0 Å². The lowest BCUT2D eigenvalue weighted by molar-refractivity contribution is -0.125. The van der Waals surface area contributed by atoms with Gasteiger partial charge in [0.25, 0.3) is 0 Å². The molecule has 0 heterocycles. The molecule has 0 spiro atoms. The van der Waals surface area contributed by atoms with Crippen LogP contribution in [0.1, 0.15) is 40.0 Å². The van der Waals surface area contributed by atoms with Gasteiger partial charge in [-0.25, -0.2) is 0 Å². The lowest BCUT2D eigenvalue weighted by Crippen LogP contribution is -2.39. The molecule has 0 saturated carbocycles. The largest absolute Gasteiger partial charge is 0.409 e. The number of hydrogen-bond donors (Lipinski definition) is 3. The maximum Gasteiger partial charge on any atom is 0.223 e. The van der Waals surface area contributed by atoms with Gasteiger partial charge in [-0.1, -0.05) is 19.0 Å². The second-order valence-electron chi connectivity index (χ2n) is 3.72. The lowest BCUT2D eigenvalue weighted by Gasteiger charge is -2.17. The summed E-state index contributed by atoms with van der Waals surface area (Å²) in [4.78, 5) is 11.6. The van der Waals surface area contributed by atoms with E-state index in [0.29, 0.717) is 6.42 Å². The third-order valence-electron chi connectivity index (χ3n) is 2.39. The number of hydrogen-bond acceptors (Lipinski definition) is 3. The predicted octanol–water partition coefficient (Wildman–Crippen LogP) is 1.06. The molecular weight excluding hydrogens is 194 g/mol. The Balaban J connectivity index is 4.05. The van der Waals surface area contributed by atoms with E-state index in [0.717, 1.165) is 12.8 Å². The SMILES string of the molecule is CCC(CC)C(=O)NC(C)CC(N)=NO. The Kier molecular flexibility index (Phi) is 6.49. The van der Waals surface area contributed by atoms with E-state index >= 15 is 0 Å². The maximum atomic E-state index is 11.6. The van der Waals surface area contributed by atoms with Crippen LogP contribution < -0.4 is 11.1 Å². The average Bonchev–Trinajstić information content (AvgIpc) is 2.19. The molecule has 1 unspecified atom stereocenters. The van der Waals surface area contributed by atoms with Gasteiger partial charge < -0.3 is 16.3 Å². The van der Waals surface area contributed by atoms with Crippen molar-refractivity contribution in [1.29, 1.82) is 0 Å². The molecule has 4 N–H and O–H groups in total. The van der Waals surface area contributed by atoms with E-state index in [2.05, 4.69) is 10.5 Å². The van der Waals surface area contributed by atoms with Crippen LogP contribution >= 0.6 is 0 Å². The zero-order chi connectivity index (χ0) is 11.8. The molecule has 88 valence electrons. The van der Waals surface area contributed by atoms with Crippen LogP contribution in [0.4, 0.5) is 0 Å². The molecule has 1 atom stereocenters. The Morgan fingerprint density at radius 2 is 2.00 bits per heavy atom. The predicted molar refractivity (Wildman–Crippen MR) is 59.7 cm³/mol. The topological polar surface area (TPSA) is 87.7 Å². The van der Waals surface area contributed by atoms with Gasteiger partial charge in [0, 0.05) is 18.4 Å². The van der Waals surface area contributed by atoms with Crippen LogP contribution in [-0.4, -0.2) is 23.0 Å². The molecular formula is C10H21N3O2. The normalized spacial score (nSPS) is 14.0. The third kappa shape index (κ3) is 5.24. The Labute approximate surface area is 90.7 Å². The molecule has 0 radical (unpaired) electrons. The maximum absolute atomic E-state index is 11.6. The van der Waals surface area contributed by atoms with Gasteiger partial charge in [-0.15, -0.1) is 0 Å². The molecule has 0 saturated heterocycles. The molecule has 5 nitrogen and oxygen atoms in total. The number of amidine groups is 1. The summed E-state index contributed by atoms with van der Waals surface area (Å²) in [7, 11) is 0. The number of carbonyl (C=O) groups is 1. The molecule has 0 aliphatic heterocycles. The van der Waals surface area contributed by atoms with Crippen LogP contribution in [0.5, 0.6) is 0 Å². The van der Waals surface area contributed by atoms with Crippen molar-refractivity contribution < 1.29 is 10.0 Å². The van der Waals surface area contributed by atoms with Gasteiger partial charge in [0.15, 0.2) is 0 Å². The molecule has 0 aromatic heterocycles. The van der Waals surface area contributed by atoms with E-state index in [1.165, 1.54) is 0 Å². The fourth-order valence-corrected chi connectivity index (χ4v) is 1.43. The molecule has 0 bridgehead atoms. The van der Waals surface area contributed by atoms with Gasteiger partial charge in [0.1, 0.15) is 5.84 Å². The van der Waals surface area contributed by atoms with Gasteiger partial charge in [0.2, 0.25) is 5.91 Å². The van der Waals surface area contributed by atoms with Crippen molar-refractivity contribution in [1.82, 2.24) is 5.32 Å². The summed E-state index contributed by atoms with van der Waals surface area (Å²) in [5.41, 5.74) is 5.34. The van der Waals surface area contributed by atoms with E-state index < -0.39 is 0 Å². The lowest BCUT2D eigenvalue weighted by atomic mass is 10.0. The number of nitrogens with zero attached hydrogens (tertiary/aromatic N) is 1. The van der Waals surface area contributed by atoms with Gasteiger partial charge in [-0.3, -0.25) is 4.79 Å². The van der Waals surface area contributed by atoms with Gasteiger partial charge in [0.05, 0.1) is 0 Å². The number of carbonyl (C=O) groups excluding carboxylic acids is 1. The Morgan fingerprint density at radius 3 is 2.40 bits per heavy atom. The fraction of sp³-hybridized carbons (Fsp3) is 0.800. The van der Waals surface area contributed by atoms with Gasteiger partial charge in [-0.2, -0.15) is 0 Å². The van der Waals surface area contributed by atoms with Crippen molar-refractivity contribution in [2.24, 2.45) is 16.8 Å². The highest BCUT2D eigenvalue weighted by Gasteiger charge is 2.16. The molecule has 0 aromatic carbocycles. The number of rotatable bonds is 6. The van der Waals surface area contributed by atoms with Crippen LogP contribution in [0.15, 0.2) is 5.16 Å². The molecule has 0 fully saturated rings. The number of nitrogens with one attached hydrogen (secondary N) is 1. The molecule has 5 heteroatoms. The molecule has 0 aromatic rings. The fourth-order valence-electron chi connectivity index (χ4n) is 1.43. The van der Waals surface area contributed by atoms with Crippen molar-refractivity contribution in [3.8, 4) is 0 Å². The highest BCUT2D eigenvalue weighted by atomic mass is 16.4. The summed E-state index contributed by atoms with van der Waals surface area (Å²) in [6.45, 7) is 5.81. The molecule has 0 aliphatic carbocycles. The summed E-state index contributed by atoms with van der Waals surface area (Å²) in [5.74, 6) is 0.227. The standard InChI is InChI=1S/C10H21N3O2/c1-4-8(5-2)10(14)12-7(3)6-9(11)13-15/h7-8,15H,4-6H2,1-3H3,(H2,11,13)(H,12,14). The quantitative estimate of drug-likeness (QED) is 0.268. The van der Waals surface area contributed by atoms with Crippen molar-refractivity contribution in [3.63, 3.8) is 0 Å². The molecule has 0 rings (SSSR count). The smallest absolute Gasteiger partial charge is 0.223 e. The molecule has 15 heavy (non-hydrogen) atoms. The number of oxime groups is 1. The van der Waals surface area contributed by atoms with Crippen LogP contribution in [-0.2, 0) is 4.79 Å². The van der Waals surface area contributed by atoms with Crippen molar-refractivity contribution in [2.45, 2.75) is 46.1 Å². The Hall–Kier alpha value is -1.26. The highest BCUT2D eigenvalue weighted by Crippen LogP contribution is 2.07. The first-order valence-corrected chi connectivity index (χ1v) is 5.31. The first-order chi connectivity index (χ1) is 7.04. The van der Waals surface area contributed by atoms with E-state index in [1.807, 2.05) is 20.8 Å². The third-order valence-corrected chi connectivity index (χ3v) is 2.39. The first kappa shape index (κ1) is 13.7. The second-order valence-corrected chi connectivity index (χ2v) is 3.72. The minimum atomic E-state index is -0.103. The molecule has 0 aliphatic rings. The van der Waals surface area contributed by atoms with Crippen molar-refractivity contribution in [3.05, 3.63) is 0 Å². The summed E-state index contributed by atoms with van der Waals surface area (Å²) in [6.07, 6.45) is 2.03. The highest BCUT2D eigenvalue weighted by molar-refractivity contribution is 5.82. The average molecular weight is 215 g/mol. The van der Waals surface area contributed by atoms with Crippen LogP contribution in [0.3, 0.4) is 0 Å². The van der Waals surface area contributed by atoms with Crippen molar-refractivity contribution >= 4 is 11.7 Å².